The second-order valence-corrected chi connectivity index (χ2v) is 5.61. The van der Waals surface area contributed by atoms with E-state index in [0.29, 0.717) is 17.2 Å². The number of para-hydroxylation sites is 1. The maximum absolute atomic E-state index is 12.5. The largest absolute Gasteiger partial charge is 0.326 e. The van der Waals surface area contributed by atoms with Gasteiger partial charge in [0.25, 0.3) is 5.91 Å². The number of benzene rings is 2. The molecule has 2 aromatic carbocycles. The summed E-state index contributed by atoms with van der Waals surface area (Å²) < 4.78 is 0. The molecule has 0 fully saturated rings. The molecule has 0 bridgehead atoms. The van der Waals surface area contributed by atoms with Crippen LogP contribution in [0.3, 0.4) is 0 Å². The standard InChI is InChI=1S/C19H22N2O2/c1-4-13(2)17-10-5-6-11-18(17)21-19(23)15-8-7-9-16(12-15)20-14(3)22/h5-13H,4H2,1-3H3,(H,20,22)(H,21,23)/t13-/m1/s1. The van der Waals surface area contributed by atoms with Gasteiger partial charge in [0.15, 0.2) is 0 Å². The fourth-order valence-electron chi connectivity index (χ4n) is 2.40. The minimum Gasteiger partial charge on any atom is -0.326 e. The molecule has 2 aromatic rings. The first-order chi connectivity index (χ1) is 11.0. The molecular weight excluding hydrogens is 288 g/mol. The quantitative estimate of drug-likeness (QED) is 0.859. The SMILES string of the molecule is CC[C@@H](C)c1ccccc1NC(=O)c1cccc(NC(C)=O)c1. The Morgan fingerprint density at radius 1 is 1.04 bits per heavy atom. The van der Waals surface area contributed by atoms with E-state index in [1.807, 2.05) is 24.3 Å². The average molecular weight is 310 g/mol. The van der Waals surface area contributed by atoms with Crippen LogP contribution >= 0.6 is 0 Å². The van der Waals surface area contributed by atoms with Crippen molar-refractivity contribution in [3.63, 3.8) is 0 Å². The molecule has 2 rings (SSSR count). The van der Waals surface area contributed by atoms with E-state index in [-0.39, 0.29) is 11.8 Å². The second kappa shape index (κ2) is 7.58. The van der Waals surface area contributed by atoms with Crippen LogP contribution in [0.15, 0.2) is 48.5 Å². The molecule has 0 aliphatic rings. The number of carbonyl (C=O) groups is 2. The second-order valence-electron chi connectivity index (χ2n) is 5.61. The molecule has 23 heavy (non-hydrogen) atoms. The molecule has 0 saturated carbocycles. The first kappa shape index (κ1) is 16.7. The summed E-state index contributed by atoms with van der Waals surface area (Å²) >= 11 is 0. The number of anilines is 2. The van der Waals surface area contributed by atoms with Crippen molar-refractivity contribution >= 4 is 23.2 Å². The fourth-order valence-corrected chi connectivity index (χ4v) is 2.40. The minimum atomic E-state index is -0.187. The van der Waals surface area contributed by atoms with E-state index in [2.05, 4.69) is 24.5 Å². The van der Waals surface area contributed by atoms with E-state index >= 15 is 0 Å². The van der Waals surface area contributed by atoms with E-state index in [1.165, 1.54) is 6.92 Å². The van der Waals surface area contributed by atoms with Crippen LogP contribution < -0.4 is 10.6 Å². The maximum atomic E-state index is 12.5. The number of amides is 2. The van der Waals surface area contributed by atoms with Crippen LogP contribution in [0, 0.1) is 0 Å². The van der Waals surface area contributed by atoms with Crippen molar-refractivity contribution in [3.05, 3.63) is 59.7 Å². The highest BCUT2D eigenvalue weighted by Gasteiger charge is 2.12. The molecule has 0 aromatic heterocycles. The van der Waals surface area contributed by atoms with Crippen molar-refractivity contribution in [2.75, 3.05) is 10.6 Å². The van der Waals surface area contributed by atoms with Crippen molar-refractivity contribution in [2.45, 2.75) is 33.1 Å². The van der Waals surface area contributed by atoms with Gasteiger partial charge in [-0.15, -0.1) is 0 Å². The van der Waals surface area contributed by atoms with E-state index in [1.54, 1.807) is 24.3 Å². The van der Waals surface area contributed by atoms with Crippen molar-refractivity contribution in [1.29, 1.82) is 0 Å². The van der Waals surface area contributed by atoms with Crippen LogP contribution in [0.5, 0.6) is 0 Å². The number of nitrogens with one attached hydrogen (secondary N) is 2. The average Bonchev–Trinajstić information content (AvgIpc) is 2.54. The van der Waals surface area contributed by atoms with Gasteiger partial charge < -0.3 is 10.6 Å². The van der Waals surface area contributed by atoms with Crippen molar-refractivity contribution in [1.82, 2.24) is 0 Å². The summed E-state index contributed by atoms with van der Waals surface area (Å²) in [5, 5.41) is 5.65. The smallest absolute Gasteiger partial charge is 0.255 e. The molecule has 4 nitrogen and oxygen atoms in total. The Labute approximate surface area is 136 Å². The van der Waals surface area contributed by atoms with Gasteiger partial charge in [-0.2, -0.15) is 0 Å². The first-order valence-corrected chi connectivity index (χ1v) is 7.79. The van der Waals surface area contributed by atoms with Gasteiger partial charge in [-0.3, -0.25) is 9.59 Å². The summed E-state index contributed by atoms with van der Waals surface area (Å²) in [6.45, 7) is 5.71. The van der Waals surface area contributed by atoms with Gasteiger partial charge in [0.05, 0.1) is 0 Å². The summed E-state index contributed by atoms with van der Waals surface area (Å²) in [4.78, 5) is 23.6. The summed E-state index contributed by atoms with van der Waals surface area (Å²) in [7, 11) is 0. The Balaban J connectivity index is 2.21. The molecule has 1 atom stereocenters. The molecule has 2 N–H and O–H groups in total. The first-order valence-electron chi connectivity index (χ1n) is 7.79. The molecule has 0 aliphatic carbocycles. The molecule has 120 valence electrons. The molecule has 0 unspecified atom stereocenters. The lowest BCUT2D eigenvalue weighted by atomic mass is 9.97. The molecular formula is C19H22N2O2. The van der Waals surface area contributed by atoms with Crippen LogP contribution in [0.25, 0.3) is 0 Å². The number of hydrogen-bond acceptors (Lipinski definition) is 2. The van der Waals surface area contributed by atoms with Gasteiger partial charge in [0.2, 0.25) is 5.91 Å². The molecule has 0 spiro atoms. The Kier molecular flexibility index (Phi) is 5.52. The Hall–Kier alpha value is -2.62. The number of hydrogen-bond donors (Lipinski definition) is 2. The highest BCUT2D eigenvalue weighted by molar-refractivity contribution is 6.05. The Morgan fingerprint density at radius 3 is 2.48 bits per heavy atom. The van der Waals surface area contributed by atoms with Gasteiger partial charge in [0.1, 0.15) is 0 Å². The van der Waals surface area contributed by atoms with Crippen molar-refractivity contribution < 1.29 is 9.59 Å². The van der Waals surface area contributed by atoms with Gasteiger partial charge in [-0.1, -0.05) is 38.1 Å². The predicted molar refractivity (Wildman–Crippen MR) is 93.8 cm³/mol. The highest BCUT2D eigenvalue weighted by Crippen LogP contribution is 2.27. The van der Waals surface area contributed by atoms with Crippen LogP contribution in [0.4, 0.5) is 11.4 Å². The highest BCUT2D eigenvalue weighted by atomic mass is 16.2. The van der Waals surface area contributed by atoms with Crippen LogP contribution in [-0.4, -0.2) is 11.8 Å². The fraction of sp³-hybridized carbons (Fsp3) is 0.263. The van der Waals surface area contributed by atoms with E-state index in [0.717, 1.165) is 17.7 Å². The summed E-state index contributed by atoms with van der Waals surface area (Å²) in [5.74, 6) is 0.0230. The summed E-state index contributed by atoms with van der Waals surface area (Å²) in [5.41, 5.74) is 3.08. The monoisotopic (exact) mass is 310 g/mol. The van der Waals surface area contributed by atoms with Crippen LogP contribution in [-0.2, 0) is 4.79 Å². The van der Waals surface area contributed by atoms with Gasteiger partial charge >= 0.3 is 0 Å². The van der Waals surface area contributed by atoms with Gasteiger partial charge in [-0.05, 0) is 42.2 Å². The minimum absolute atomic E-state index is 0.162. The third-order valence-corrected chi connectivity index (χ3v) is 3.80. The van der Waals surface area contributed by atoms with E-state index in [4.69, 9.17) is 0 Å². The molecule has 2 amide bonds. The number of rotatable bonds is 5. The van der Waals surface area contributed by atoms with Crippen LogP contribution in [0.2, 0.25) is 0 Å². The summed E-state index contributed by atoms with van der Waals surface area (Å²) in [6, 6.07) is 14.7. The van der Waals surface area contributed by atoms with Crippen LogP contribution in [0.1, 0.15) is 49.0 Å². The summed E-state index contributed by atoms with van der Waals surface area (Å²) in [6.07, 6.45) is 1.00. The Bertz CT molecular complexity index is 710. The molecule has 0 heterocycles. The molecule has 0 saturated heterocycles. The molecule has 0 radical (unpaired) electrons. The predicted octanol–water partition coefficient (Wildman–Crippen LogP) is 4.41. The van der Waals surface area contributed by atoms with Gasteiger partial charge in [-0.25, -0.2) is 0 Å². The molecule has 0 aliphatic heterocycles. The van der Waals surface area contributed by atoms with E-state index < -0.39 is 0 Å². The lowest BCUT2D eigenvalue weighted by Gasteiger charge is -2.16. The van der Waals surface area contributed by atoms with Gasteiger partial charge in [0, 0.05) is 23.9 Å². The maximum Gasteiger partial charge on any atom is 0.255 e. The van der Waals surface area contributed by atoms with Crippen molar-refractivity contribution in [3.8, 4) is 0 Å². The zero-order chi connectivity index (χ0) is 16.8. The zero-order valence-corrected chi connectivity index (χ0v) is 13.7. The number of carbonyl (C=O) groups excluding carboxylic acids is 2. The molecule has 4 heteroatoms. The topological polar surface area (TPSA) is 58.2 Å². The third-order valence-electron chi connectivity index (χ3n) is 3.80. The lowest BCUT2D eigenvalue weighted by molar-refractivity contribution is -0.114. The normalized spacial score (nSPS) is 11.6. The van der Waals surface area contributed by atoms with E-state index in [9.17, 15) is 9.59 Å². The zero-order valence-electron chi connectivity index (χ0n) is 13.7. The Morgan fingerprint density at radius 2 is 1.78 bits per heavy atom. The lowest BCUT2D eigenvalue weighted by Crippen LogP contribution is -2.14. The van der Waals surface area contributed by atoms with Crippen molar-refractivity contribution in [2.24, 2.45) is 0 Å². The third kappa shape index (κ3) is 4.42.